The highest BCUT2D eigenvalue weighted by molar-refractivity contribution is 5.34. The molecule has 2 heteroatoms. The molecule has 108 valence electrons. The van der Waals surface area contributed by atoms with E-state index in [0.29, 0.717) is 5.92 Å². The lowest BCUT2D eigenvalue weighted by molar-refractivity contribution is 0.508. The second-order valence-electron chi connectivity index (χ2n) is 6.70. The molecule has 19 heavy (non-hydrogen) atoms. The van der Waals surface area contributed by atoms with Crippen LogP contribution >= 0.6 is 0 Å². The van der Waals surface area contributed by atoms with Crippen LogP contribution in [-0.2, 0) is 12.0 Å². The van der Waals surface area contributed by atoms with Crippen molar-refractivity contribution >= 4 is 0 Å². The zero-order valence-corrected chi connectivity index (χ0v) is 13.2. The molecular formula is C17H30N2. The van der Waals surface area contributed by atoms with Crippen LogP contribution in [0.4, 0.5) is 0 Å². The van der Waals surface area contributed by atoms with E-state index in [-0.39, 0.29) is 5.41 Å². The Bertz CT molecular complexity index is 391. The largest absolute Gasteiger partial charge is 0.330 e. The van der Waals surface area contributed by atoms with E-state index in [4.69, 9.17) is 5.73 Å². The lowest BCUT2D eigenvalue weighted by atomic mass is 9.85. The van der Waals surface area contributed by atoms with E-state index < -0.39 is 0 Å². The molecule has 0 fully saturated rings. The molecular weight excluding hydrogens is 232 g/mol. The summed E-state index contributed by atoms with van der Waals surface area (Å²) in [4.78, 5) is 0. The smallest absolute Gasteiger partial charge is 0.0208 e. The third-order valence-electron chi connectivity index (χ3n) is 3.75. The molecule has 0 saturated heterocycles. The zero-order valence-electron chi connectivity index (χ0n) is 13.2. The van der Waals surface area contributed by atoms with Crippen LogP contribution in [0, 0.1) is 12.8 Å². The highest BCUT2D eigenvalue weighted by Gasteiger charge is 2.14. The summed E-state index contributed by atoms with van der Waals surface area (Å²) >= 11 is 0. The monoisotopic (exact) mass is 262 g/mol. The standard InChI is InChI=1S/C17H30N2/c1-13(11-18)8-9-19-12-15-10-16(17(3,4)5)7-6-14(15)2/h6-7,10,13,19H,8-9,11-12,18H2,1-5H3. The molecule has 1 rings (SSSR count). The van der Waals surface area contributed by atoms with E-state index in [9.17, 15) is 0 Å². The lowest BCUT2D eigenvalue weighted by Gasteiger charge is -2.21. The van der Waals surface area contributed by atoms with E-state index in [1.54, 1.807) is 0 Å². The maximum Gasteiger partial charge on any atom is 0.0208 e. The number of hydrogen-bond donors (Lipinski definition) is 2. The Hall–Kier alpha value is -0.860. The van der Waals surface area contributed by atoms with Gasteiger partial charge in [0.25, 0.3) is 0 Å². The molecule has 0 radical (unpaired) electrons. The molecule has 3 N–H and O–H groups in total. The van der Waals surface area contributed by atoms with E-state index >= 15 is 0 Å². The molecule has 0 aromatic heterocycles. The van der Waals surface area contributed by atoms with E-state index in [1.807, 2.05) is 0 Å². The summed E-state index contributed by atoms with van der Waals surface area (Å²) in [6.45, 7) is 13.9. The third-order valence-corrected chi connectivity index (χ3v) is 3.75. The summed E-state index contributed by atoms with van der Waals surface area (Å²) in [7, 11) is 0. The van der Waals surface area contributed by atoms with Crippen molar-refractivity contribution in [2.45, 2.75) is 53.0 Å². The maximum absolute atomic E-state index is 5.63. The quantitative estimate of drug-likeness (QED) is 0.771. The minimum atomic E-state index is 0.219. The Morgan fingerprint density at radius 1 is 1.26 bits per heavy atom. The van der Waals surface area contributed by atoms with Crippen molar-refractivity contribution in [3.05, 3.63) is 34.9 Å². The summed E-state index contributed by atoms with van der Waals surface area (Å²) in [6.07, 6.45) is 1.15. The molecule has 1 atom stereocenters. The predicted octanol–water partition coefficient (Wildman–Crippen LogP) is 3.37. The topological polar surface area (TPSA) is 38.0 Å². The fourth-order valence-corrected chi connectivity index (χ4v) is 2.02. The molecule has 1 unspecified atom stereocenters. The number of nitrogens with two attached hydrogens (primary N) is 1. The fraction of sp³-hybridized carbons (Fsp3) is 0.647. The van der Waals surface area contributed by atoms with E-state index in [2.05, 4.69) is 58.1 Å². The Balaban J connectivity index is 2.58. The van der Waals surface area contributed by atoms with Crippen molar-refractivity contribution in [1.29, 1.82) is 0 Å². The summed E-state index contributed by atoms with van der Waals surface area (Å²) < 4.78 is 0. The molecule has 1 aromatic rings. The molecule has 0 heterocycles. The van der Waals surface area contributed by atoms with Gasteiger partial charge in [0.15, 0.2) is 0 Å². The van der Waals surface area contributed by atoms with Gasteiger partial charge in [0, 0.05) is 6.54 Å². The highest BCUT2D eigenvalue weighted by Crippen LogP contribution is 2.24. The second-order valence-corrected chi connectivity index (χ2v) is 6.70. The normalized spacial score (nSPS) is 13.6. The van der Waals surface area contributed by atoms with Gasteiger partial charge in [-0.15, -0.1) is 0 Å². The molecule has 0 saturated carbocycles. The Labute approximate surface area is 118 Å². The van der Waals surface area contributed by atoms with Crippen LogP contribution in [0.3, 0.4) is 0 Å². The number of benzene rings is 1. The first-order valence-corrected chi connectivity index (χ1v) is 7.35. The highest BCUT2D eigenvalue weighted by atomic mass is 14.8. The third kappa shape index (κ3) is 5.33. The Morgan fingerprint density at radius 2 is 1.95 bits per heavy atom. The van der Waals surface area contributed by atoms with Gasteiger partial charge in [0.2, 0.25) is 0 Å². The Morgan fingerprint density at radius 3 is 2.53 bits per heavy atom. The fourth-order valence-electron chi connectivity index (χ4n) is 2.02. The Kier molecular flexibility index (Phi) is 6.02. The number of aryl methyl sites for hydroxylation is 1. The summed E-state index contributed by atoms with van der Waals surface area (Å²) in [5.74, 6) is 0.606. The second kappa shape index (κ2) is 7.06. The van der Waals surface area contributed by atoms with Gasteiger partial charge < -0.3 is 11.1 Å². The molecule has 0 aliphatic carbocycles. The first-order valence-electron chi connectivity index (χ1n) is 7.35. The van der Waals surface area contributed by atoms with Crippen LogP contribution in [0.5, 0.6) is 0 Å². The van der Waals surface area contributed by atoms with Crippen LogP contribution < -0.4 is 11.1 Å². The molecule has 0 amide bonds. The van der Waals surface area contributed by atoms with E-state index in [1.165, 1.54) is 16.7 Å². The van der Waals surface area contributed by atoms with Crippen molar-refractivity contribution in [2.75, 3.05) is 13.1 Å². The van der Waals surface area contributed by atoms with Gasteiger partial charge in [-0.2, -0.15) is 0 Å². The summed E-state index contributed by atoms with van der Waals surface area (Å²) in [5, 5.41) is 3.53. The van der Waals surface area contributed by atoms with Gasteiger partial charge in [-0.1, -0.05) is 45.9 Å². The van der Waals surface area contributed by atoms with Gasteiger partial charge in [0.05, 0.1) is 0 Å². The molecule has 2 nitrogen and oxygen atoms in total. The number of nitrogens with one attached hydrogen (secondary N) is 1. The minimum Gasteiger partial charge on any atom is -0.330 e. The van der Waals surface area contributed by atoms with Crippen LogP contribution in [-0.4, -0.2) is 13.1 Å². The molecule has 1 aromatic carbocycles. The van der Waals surface area contributed by atoms with Crippen LogP contribution in [0.15, 0.2) is 18.2 Å². The van der Waals surface area contributed by atoms with Gasteiger partial charge in [-0.3, -0.25) is 0 Å². The van der Waals surface area contributed by atoms with Gasteiger partial charge in [-0.05, 0) is 54.5 Å². The van der Waals surface area contributed by atoms with Crippen LogP contribution in [0.25, 0.3) is 0 Å². The molecule has 0 spiro atoms. The van der Waals surface area contributed by atoms with Crippen LogP contribution in [0.1, 0.15) is 50.8 Å². The maximum atomic E-state index is 5.63. The summed E-state index contributed by atoms with van der Waals surface area (Å²) in [5.41, 5.74) is 10.0. The summed E-state index contributed by atoms with van der Waals surface area (Å²) in [6, 6.07) is 6.82. The SMILES string of the molecule is Cc1ccc(C(C)(C)C)cc1CNCCC(C)CN. The first kappa shape index (κ1) is 16.2. The lowest BCUT2D eigenvalue weighted by Crippen LogP contribution is -2.21. The average Bonchev–Trinajstić information content (AvgIpc) is 2.34. The molecule has 0 aliphatic heterocycles. The van der Waals surface area contributed by atoms with Crippen molar-refractivity contribution < 1.29 is 0 Å². The number of hydrogen-bond acceptors (Lipinski definition) is 2. The van der Waals surface area contributed by atoms with Crippen molar-refractivity contribution in [3.8, 4) is 0 Å². The number of rotatable bonds is 6. The zero-order chi connectivity index (χ0) is 14.5. The molecule has 0 aliphatic rings. The van der Waals surface area contributed by atoms with Crippen molar-refractivity contribution in [3.63, 3.8) is 0 Å². The van der Waals surface area contributed by atoms with E-state index in [0.717, 1.165) is 26.1 Å². The van der Waals surface area contributed by atoms with Gasteiger partial charge >= 0.3 is 0 Å². The van der Waals surface area contributed by atoms with Gasteiger partial charge in [-0.25, -0.2) is 0 Å². The average molecular weight is 262 g/mol. The molecule has 0 bridgehead atoms. The predicted molar refractivity (Wildman–Crippen MR) is 84.4 cm³/mol. The van der Waals surface area contributed by atoms with Crippen LogP contribution in [0.2, 0.25) is 0 Å². The minimum absolute atomic E-state index is 0.219. The first-order chi connectivity index (χ1) is 8.84. The van der Waals surface area contributed by atoms with Crippen molar-refractivity contribution in [1.82, 2.24) is 5.32 Å². The van der Waals surface area contributed by atoms with Crippen molar-refractivity contribution in [2.24, 2.45) is 11.7 Å². The van der Waals surface area contributed by atoms with Gasteiger partial charge in [0.1, 0.15) is 0 Å².